The Balaban J connectivity index is 1.71. The molecule has 0 aliphatic rings. The quantitative estimate of drug-likeness (QED) is 0.420. The molecule has 0 fully saturated rings. The fourth-order valence-electron chi connectivity index (χ4n) is 3.42. The maximum Gasteiger partial charge on any atom is 0.193 e. The number of carbonyl (C=O) groups is 1. The summed E-state index contributed by atoms with van der Waals surface area (Å²) >= 11 is 0. The molecule has 0 aliphatic carbocycles. The molecular formula is C25H20O. The smallest absolute Gasteiger partial charge is 0.193 e. The van der Waals surface area contributed by atoms with Crippen molar-refractivity contribution in [3.8, 4) is 0 Å². The molecule has 0 unspecified atom stereocenters. The topological polar surface area (TPSA) is 17.1 Å². The van der Waals surface area contributed by atoms with Gasteiger partial charge in [0, 0.05) is 11.1 Å². The molecule has 0 N–H and O–H groups in total. The molecule has 26 heavy (non-hydrogen) atoms. The molecule has 4 aromatic rings. The van der Waals surface area contributed by atoms with Gasteiger partial charge in [0.2, 0.25) is 0 Å². The summed E-state index contributed by atoms with van der Waals surface area (Å²) in [5, 5.41) is 2.24. The minimum atomic E-state index is 0.0824. The summed E-state index contributed by atoms with van der Waals surface area (Å²) in [7, 11) is 0. The third-order valence-corrected chi connectivity index (χ3v) is 4.75. The van der Waals surface area contributed by atoms with Crippen LogP contribution < -0.4 is 0 Å². The first-order valence-corrected chi connectivity index (χ1v) is 8.88. The monoisotopic (exact) mass is 336 g/mol. The normalized spacial score (nSPS) is 10.8. The molecule has 1 nitrogen and oxygen atoms in total. The molecule has 0 heterocycles. The second-order valence-electron chi connectivity index (χ2n) is 6.71. The average molecular weight is 336 g/mol. The van der Waals surface area contributed by atoms with Gasteiger partial charge in [0.15, 0.2) is 5.78 Å². The second-order valence-corrected chi connectivity index (χ2v) is 6.71. The van der Waals surface area contributed by atoms with Gasteiger partial charge in [-0.15, -0.1) is 0 Å². The number of benzene rings is 4. The predicted molar refractivity (Wildman–Crippen MR) is 108 cm³/mol. The zero-order chi connectivity index (χ0) is 17.9. The van der Waals surface area contributed by atoms with E-state index in [2.05, 4.69) is 43.3 Å². The van der Waals surface area contributed by atoms with Crippen LogP contribution in [0.2, 0.25) is 0 Å². The molecule has 0 spiro atoms. The van der Waals surface area contributed by atoms with Crippen LogP contribution >= 0.6 is 0 Å². The fraction of sp³-hybridized carbons (Fsp3) is 0.0800. The van der Waals surface area contributed by atoms with Crippen molar-refractivity contribution >= 4 is 16.6 Å². The van der Waals surface area contributed by atoms with E-state index < -0.39 is 0 Å². The Morgan fingerprint density at radius 3 is 2.35 bits per heavy atom. The van der Waals surface area contributed by atoms with E-state index in [1.165, 1.54) is 11.1 Å². The van der Waals surface area contributed by atoms with E-state index >= 15 is 0 Å². The molecule has 1 heteroatoms. The third kappa shape index (κ3) is 3.29. The molecule has 126 valence electrons. The van der Waals surface area contributed by atoms with Crippen molar-refractivity contribution in [1.82, 2.24) is 0 Å². The van der Waals surface area contributed by atoms with Crippen molar-refractivity contribution in [3.63, 3.8) is 0 Å². The highest BCUT2D eigenvalue weighted by molar-refractivity contribution is 6.11. The van der Waals surface area contributed by atoms with E-state index in [1.54, 1.807) is 0 Å². The van der Waals surface area contributed by atoms with Gasteiger partial charge in [0.05, 0.1) is 0 Å². The lowest BCUT2D eigenvalue weighted by Gasteiger charge is -2.10. The van der Waals surface area contributed by atoms with Crippen molar-refractivity contribution in [1.29, 1.82) is 0 Å². The summed E-state index contributed by atoms with van der Waals surface area (Å²) in [6.07, 6.45) is 0.761. The van der Waals surface area contributed by atoms with Crippen LogP contribution in [0.5, 0.6) is 0 Å². The molecule has 0 saturated heterocycles. The molecular weight excluding hydrogens is 316 g/mol. The van der Waals surface area contributed by atoms with Gasteiger partial charge in [-0.3, -0.25) is 4.79 Å². The maximum atomic E-state index is 13.2. The van der Waals surface area contributed by atoms with E-state index in [0.29, 0.717) is 0 Å². The highest BCUT2D eigenvalue weighted by Crippen LogP contribution is 2.22. The Bertz CT molecular complexity index is 1090. The Kier molecular flexibility index (Phi) is 4.37. The number of carbonyl (C=O) groups excluding carboxylic acids is 1. The third-order valence-electron chi connectivity index (χ3n) is 4.75. The van der Waals surface area contributed by atoms with Crippen LogP contribution in [0.3, 0.4) is 0 Å². The standard InChI is InChI=1S/C25H20O/c1-18-7-6-8-19(15-18)16-22-11-4-5-12-24(22)25(26)23-14-13-20-9-2-3-10-21(20)17-23/h2-15,17H,16H2,1H3. The van der Waals surface area contributed by atoms with Gasteiger partial charge in [-0.2, -0.15) is 0 Å². The average Bonchev–Trinajstić information content (AvgIpc) is 2.67. The first-order chi connectivity index (χ1) is 12.7. The second kappa shape index (κ2) is 6.97. The number of fused-ring (bicyclic) bond motifs is 1. The van der Waals surface area contributed by atoms with Crippen LogP contribution in [-0.2, 0) is 6.42 Å². The van der Waals surface area contributed by atoms with Crippen molar-refractivity contribution in [3.05, 3.63) is 119 Å². The summed E-state index contributed by atoms with van der Waals surface area (Å²) in [5.41, 5.74) is 5.05. The van der Waals surface area contributed by atoms with Crippen LogP contribution in [0, 0.1) is 6.92 Å². The summed E-state index contributed by atoms with van der Waals surface area (Å²) < 4.78 is 0. The highest BCUT2D eigenvalue weighted by Gasteiger charge is 2.14. The van der Waals surface area contributed by atoms with Crippen molar-refractivity contribution in [2.45, 2.75) is 13.3 Å². The van der Waals surface area contributed by atoms with Gasteiger partial charge < -0.3 is 0 Å². The van der Waals surface area contributed by atoms with Crippen LogP contribution in [0.15, 0.2) is 91.0 Å². The zero-order valence-electron chi connectivity index (χ0n) is 14.8. The Morgan fingerprint density at radius 1 is 0.731 bits per heavy atom. The largest absolute Gasteiger partial charge is 0.289 e. The number of hydrogen-bond acceptors (Lipinski definition) is 1. The highest BCUT2D eigenvalue weighted by atomic mass is 16.1. The van der Waals surface area contributed by atoms with Gasteiger partial charge in [-0.05, 0) is 41.3 Å². The fourth-order valence-corrected chi connectivity index (χ4v) is 3.42. The molecule has 4 rings (SSSR count). The van der Waals surface area contributed by atoms with Crippen molar-refractivity contribution in [2.75, 3.05) is 0 Å². The Morgan fingerprint density at radius 2 is 1.50 bits per heavy atom. The molecule has 4 aromatic carbocycles. The molecule has 0 amide bonds. The molecule has 0 bridgehead atoms. The molecule has 0 atom stereocenters. The van der Waals surface area contributed by atoms with Crippen LogP contribution in [0.1, 0.15) is 32.6 Å². The van der Waals surface area contributed by atoms with E-state index in [0.717, 1.165) is 33.9 Å². The van der Waals surface area contributed by atoms with E-state index in [-0.39, 0.29) is 5.78 Å². The molecule has 0 radical (unpaired) electrons. The van der Waals surface area contributed by atoms with Crippen molar-refractivity contribution in [2.24, 2.45) is 0 Å². The lowest BCUT2D eigenvalue weighted by molar-refractivity contribution is 0.103. The van der Waals surface area contributed by atoms with Gasteiger partial charge in [-0.1, -0.05) is 90.5 Å². The predicted octanol–water partition coefficient (Wildman–Crippen LogP) is 5.97. The van der Waals surface area contributed by atoms with Crippen LogP contribution in [0.4, 0.5) is 0 Å². The summed E-state index contributed by atoms with van der Waals surface area (Å²) in [5.74, 6) is 0.0824. The van der Waals surface area contributed by atoms with Gasteiger partial charge in [0.1, 0.15) is 0 Å². The number of aryl methyl sites for hydroxylation is 1. The summed E-state index contributed by atoms with van der Waals surface area (Å²) in [6, 6.07) is 30.4. The van der Waals surface area contributed by atoms with E-state index in [9.17, 15) is 4.79 Å². The van der Waals surface area contributed by atoms with Crippen molar-refractivity contribution < 1.29 is 4.79 Å². The van der Waals surface area contributed by atoms with E-state index in [1.807, 2.05) is 54.6 Å². The minimum Gasteiger partial charge on any atom is -0.289 e. The molecule has 0 aliphatic heterocycles. The number of ketones is 1. The maximum absolute atomic E-state index is 13.2. The molecule has 0 aromatic heterocycles. The number of rotatable bonds is 4. The lowest BCUT2D eigenvalue weighted by Crippen LogP contribution is -2.06. The van der Waals surface area contributed by atoms with Crippen LogP contribution in [0.25, 0.3) is 10.8 Å². The summed E-state index contributed by atoms with van der Waals surface area (Å²) in [4.78, 5) is 13.2. The first kappa shape index (κ1) is 16.3. The van der Waals surface area contributed by atoms with Gasteiger partial charge in [0.25, 0.3) is 0 Å². The van der Waals surface area contributed by atoms with Gasteiger partial charge in [-0.25, -0.2) is 0 Å². The molecule has 0 saturated carbocycles. The van der Waals surface area contributed by atoms with Crippen LogP contribution in [-0.4, -0.2) is 5.78 Å². The Hall–Kier alpha value is -3.19. The van der Waals surface area contributed by atoms with E-state index in [4.69, 9.17) is 0 Å². The Labute approximate surface area is 153 Å². The lowest BCUT2D eigenvalue weighted by atomic mass is 9.93. The number of hydrogen-bond donors (Lipinski definition) is 0. The minimum absolute atomic E-state index is 0.0824. The zero-order valence-corrected chi connectivity index (χ0v) is 14.8. The SMILES string of the molecule is Cc1cccc(Cc2ccccc2C(=O)c2ccc3ccccc3c2)c1. The summed E-state index contributed by atoms with van der Waals surface area (Å²) in [6.45, 7) is 2.09. The first-order valence-electron chi connectivity index (χ1n) is 8.88. The van der Waals surface area contributed by atoms with Gasteiger partial charge >= 0.3 is 0 Å².